The van der Waals surface area contributed by atoms with Crippen LogP contribution in [-0.4, -0.2) is 23.0 Å². The van der Waals surface area contributed by atoms with Crippen molar-refractivity contribution in [3.05, 3.63) is 16.6 Å². The number of amides is 1. The van der Waals surface area contributed by atoms with Crippen molar-refractivity contribution in [1.29, 1.82) is 0 Å². The maximum atomic E-state index is 12.7. The van der Waals surface area contributed by atoms with Gasteiger partial charge in [0.25, 0.3) is 0 Å². The maximum Gasteiger partial charge on any atom is 0.241 e. The zero-order valence-electron chi connectivity index (χ0n) is 12.0. The summed E-state index contributed by atoms with van der Waals surface area (Å²) in [5.41, 5.74) is -0.778. The molecule has 19 heavy (non-hydrogen) atoms. The lowest BCUT2D eigenvalue weighted by Crippen LogP contribution is -2.57. The highest BCUT2D eigenvalue weighted by atomic mass is 32.1. The molecule has 0 saturated carbocycles. The van der Waals surface area contributed by atoms with Crippen molar-refractivity contribution < 1.29 is 4.79 Å². The molecule has 1 fully saturated rings. The predicted molar refractivity (Wildman–Crippen MR) is 78.2 cm³/mol. The van der Waals surface area contributed by atoms with E-state index in [0.717, 1.165) is 37.2 Å². The van der Waals surface area contributed by atoms with Crippen LogP contribution in [0.3, 0.4) is 0 Å². The Labute approximate surface area is 119 Å². The van der Waals surface area contributed by atoms with E-state index in [1.807, 2.05) is 19.2 Å². The molecule has 1 aromatic rings. The van der Waals surface area contributed by atoms with E-state index in [9.17, 15) is 4.79 Å². The molecule has 4 nitrogen and oxygen atoms in total. The van der Waals surface area contributed by atoms with E-state index in [1.54, 1.807) is 17.5 Å². The highest BCUT2D eigenvalue weighted by Gasteiger charge is 2.42. The Kier molecular flexibility index (Phi) is 4.26. The average molecular weight is 281 g/mol. The summed E-state index contributed by atoms with van der Waals surface area (Å²) in [6.07, 6.45) is 5.69. The van der Waals surface area contributed by atoms with Gasteiger partial charge in [0.15, 0.2) is 0 Å². The molecule has 1 aliphatic rings. The minimum Gasteiger partial charge on any atom is -0.343 e. The zero-order chi connectivity index (χ0) is 13.9. The summed E-state index contributed by atoms with van der Waals surface area (Å²) in [5.74, 6) is 0.118. The molecule has 2 N–H and O–H groups in total. The van der Waals surface area contributed by atoms with Crippen molar-refractivity contribution in [1.82, 2.24) is 15.6 Å². The molecule has 0 aliphatic carbocycles. The third-order valence-corrected chi connectivity index (χ3v) is 4.84. The standard InChI is InChI=1S/C14H23N3OS/c1-4-6-14(7-5-8-16-14)11(18)17-13(2,3)12-15-9-10-19-12/h9-10,16H,4-8H2,1-3H3,(H,17,18). The summed E-state index contributed by atoms with van der Waals surface area (Å²) < 4.78 is 0. The van der Waals surface area contributed by atoms with Crippen molar-refractivity contribution in [2.75, 3.05) is 6.54 Å². The Balaban J connectivity index is 2.11. The first-order valence-corrected chi connectivity index (χ1v) is 7.86. The number of nitrogens with one attached hydrogen (secondary N) is 2. The Morgan fingerprint density at radius 3 is 2.95 bits per heavy atom. The highest BCUT2D eigenvalue weighted by Crippen LogP contribution is 2.28. The third-order valence-electron chi connectivity index (χ3n) is 3.75. The second-order valence-electron chi connectivity index (χ2n) is 5.78. The molecule has 1 atom stereocenters. The molecule has 1 unspecified atom stereocenters. The Morgan fingerprint density at radius 1 is 1.63 bits per heavy atom. The number of hydrogen-bond acceptors (Lipinski definition) is 4. The molecule has 1 aromatic heterocycles. The smallest absolute Gasteiger partial charge is 0.241 e. The summed E-state index contributed by atoms with van der Waals surface area (Å²) >= 11 is 1.58. The van der Waals surface area contributed by atoms with E-state index in [4.69, 9.17) is 0 Å². The lowest BCUT2D eigenvalue weighted by Gasteiger charge is -2.33. The lowest BCUT2D eigenvalue weighted by atomic mass is 9.89. The molecule has 1 aliphatic heterocycles. The molecule has 0 spiro atoms. The van der Waals surface area contributed by atoms with Gasteiger partial charge in [0.05, 0.1) is 11.1 Å². The number of thiazole rings is 1. The number of carbonyl (C=O) groups excluding carboxylic acids is 1. The molecule has 2 rings (SSSR count). The summed E-state index contributed by atoms with van der Waals surface area (Å²) in [6.45, 7) is 7.09. The monoisotopic (exact) mass is 281 g/mol. The van der Waals surface area contributed by atoms with Crippen molar-refractivity contribution in [2.45, 2.75) is 57.5 Å². The van der Waals surface area contributed by atoms with Gasteiger partial charge in [-0.2, -0.15) is 0 Å². The van der Waals surface area contributed by atoms with E-state index in [0.29, 0.717) is 0 Å². The van der Waals surface area contributed by atoms with E-state index < -0.39 is 5.54 Å². The topological polar surface area (TPSA) is 54.0 Å². The average Bonchev–Trinajstić information content (AvgIpc) is 3.00. The van der Waals surface area contributed by atoms with E-state index >= 15 is 0 Å². The molecule has 5 heteroatoms. The largest absolute Gasteiger partial charge is 0.343 e. The fourth-order valence-corrected chi connectivity index (χ4v) is 3.46. The van der Waals surface area contributed by atoms with Gasteiger partial charge in [-0.05, 0) is 39.7 Å². The second kappa shape index (κ2) is 5.59. The van der Waals surface area contributed by atoms with Crippen LogP contribution in [0.1, 0.15) is 51.5 Å². The molecule has 2 heterocycles. The number of aromatic nitrogens is 1. The SMILES string of the molecule is CCCC1(C(=O)NC(C)(C)c2nccs2)CCCN1. The van der Waals surface area contributed by atoms with Crippen LogP contribution < -0.4 is 10.6 Å². The van der Waals surface area contributed by atoms with E-state index in [-0.39, 0.29) is 11.4 Å². The van der Waals surface area contributed by atoms with Crippen LogP contribution >= 0.6 is 11.3 Å². The maximum absolute atomic E-state index is 12.7. The molecule has 0 bridgehead atoms. The number of carbonyl (C=O) groups is 1. The molecule has 1 amide bonds. The van der Waals surface area contributed by atoms with Gasteiger partial charge < -0.3 is 10.6 Å². The van der Waals surface area contributed by atoms with Gasteiger partial charge in [0.1, 0.15) is 5.01 Å². The van der Waals surface area contributed by atoms with Gasteiger partial charge in [-0.3, -0.25) is 4.79 Å². The molecule has 1 saturated heterocycles. The van der Waals surface area contributed by atoms with Gasteiger partial charge in [0, 0.05) is 11.6 Å². The summed E-state index contributed by atoms with van der Waals surface area (Å²) in [6, 6.07) is 0. The minimum absolute atomic E-state index is 0.118. The molecule has 0 radical (unpaired) electrons. The molecular formula is C14H23N3OS. The Morgan fingerprint density at radius 2 is 2.42 bits per heavy atom. The number of hydrogen-bond donors (Lipinski definition) is 2. The Hall–Kier alpha value is -0.940. The van der Waals surface area contributed by atoms with Gasteiger partial charge in [0.2, 0.25) is 5.91 Å². The fraction of sp³-hybridized carbons (Fsp3) is 0.714. The first-order valence-electron chi connectivity index (χ1n) is 6.98. The molecule has 0 aromatic carbocycles. The first kappa shape index (κ1) is 14.5. The third kappa shape index (κ3) is 2.98. The first-order chi connectivity index (χ1) is 9.00. The predicted octanol–water partition coefficient (Wildman–Crippen LogP) is 2.42. The number of rotatable bonds is 5. The van der Waals surface area contributed by atoms with Crippen molar-refractivity contribution in [3.63, 3.8) is 0 Å². The van der Waals surface area contributed by atoms with Gasteiger partial charge >= 0.3 is 0 Å². The van der Waals surface area contributed by atoms with E-state index in [1.165, 1.54) is 0 Å². The van der Waals surface area contributed by atoms with Crippen LogP contribution in [0.5, 0.6) is 0 Å². The highest BCUT2D eigenvalue weighted by molar-refractivity contribution is 7.09. The summed E-state index contributed by atoms with van der Waals surface area (Å²) in [4.78, 5) is 17.0. The fourth-order valence-electron chi connectivity index (χ4n) is 2.74. The van der Waals surface area contributed by atoms with Crippen LogP contribution in [0.2, 0.25) is 0 Å². The second-order valence-corrected chi connectivity index (χ2v) is 6.67. The van der Waals surface area contributed by atoms with Crippen LogP contribution in [0.4, 0.5) is 0 Å². The zero-order valence-corrected chi connectivity index (χ0v) is 12.8. The van der Waals surface area contributed by atoms with Gasteiger partial charge in [-0.1, -0.05) is 13.3 Å². The minimum atomic E-state index is -0.406. The van der Waals surface area contributed by atoms with Gasteiger partial charge in [-0.25, -0.2) is 4.98 Å². The van der Waals surface area contributed by atoms with Crippen LogP contribution in [-0.2, 0) is 10.3 Å². The summed E-state index contributed by atoms with van der Waals surface area (Å²) in [5, 5.41) is 9.48. The molecule has 106 valence electrons. The normalized spacial score (nSPS) is 23.5. The van der Waals surface area contributed by atoms with Crippen LogP contribution in [0, 0.1) is 0 Å². The summed E-state index contributed by atoms with van der Waals surface area (Å²) in [7, 11) is 0. The van der Waals surface area contributed by atoms with Crippen molar-refractivity contribution >= 4 is 17.2 Å². The quantitative estimate of drug-likeness (QED) is 0.871. The Bertz CT molecular complexity index is 422. The number of nitrogens with zero attached hydrogens (tertiary/aromatic N) is 1. The van der Waals surface area contributed by atoms with Crippen molar-refractivity contribution in [2.24, 2.45) is 0 Å². The van der Waals surface area contributed by atoms with E-state index in [2.05, 4.69) is 22.5 Å². The van der Waals surface area contributed by atoms with Gasteiger partial charge in [-0.15, -0.1) is 11.3 Å². The molecular weight excluding hydrogens is 258 g/mol. The van der Waals surface area contributed by atoms with Crippen LogP contribution in [0.25, 0.3) is 0 Å². The van der Waals surface area contributed by atoms with Crippen molar-refractivity contribution in [3.8, 4) is 0 Å². The van der Waals surface area contributed by atoms with Crippen LogP contribution in [0.15, 0.2) is 11.6 Å². The lowest BCUT2D eigenvalue weighted by molar-refractivity contribution is -0.129.